The summed E-state index contributed by atoms with van der Waals surface area (Å²) in [6.45, 7) is 7.43. The Labute approximate surface area is 201 Å². The van der Waals surface area contributed by atoms with E-state index in [1.165, 1.54) is 27.4 Å². The van der Waals surface area contributed by atoms with Crippen molar-refractivity contribution in [2.75, 3.05) is 0 Å². The van der Waals surface area contributed by atoms with Crippen LogP contribution in [0.15, 0.2) is 97.1 Å². The summed E-state index contributed by atoms with van der Waals surface area (Å²) in [4.78, 5) is 0. The smallest absolute Gasteiger partial charge is 0.309 e. The molecule has 170 valence electrons. The summed E-state index contributed by atoms with van der Waals surface area (Å²) in [5, 5.41) is 12.9. The molecule has 1 aromatic heterocycles. The summed E-state index contributed by atoms with van der Waals surface area (Å²) in [5.41, 5.74) is 5.38. The Morgan fingerprint density at radius 3 is 2.09 bits per heavy atom. The van der Waals surface area contributed by atoms with Crippen LogP contribution in [-0.2, 0) is 4.65 Å². The monoisotopic (exact) mass is 447 g/mol. The molecule has 0 saturated carbocycles. The van der Waals surface area contributed by atoms with Crippen LogP contribution in [0.25, 0.3) is 38.6 Å². The highest BCUT2D eigenvalue weighted by Gasteiger charge is 2.35. The molecule has 1 heterocycles. The summed E-state index contributed by atoms with van der Waals surface area (Å²) in [6.07, 6.45) is 0. The Balaban J connectivity index is 1.71. The second-order valence-corrected chi connectivity index (χ2v) is 9.95. The van der Waals surface area contributed by atoms with Gasteiger partial charge in [-0.2, -0.15) is 0 Å². The van der Waals surface area contributed by atoms with Gasteiger partial charge >= 0.3 is 7.48 Å². The van der Waals surface area contributed by atoms with Crippen LogP contribution in [-0.4, -0.2) is 28.4 Å². The van der Waals surface area contributed by atoms with E-state index in [4.69, 9.17) is 4.65 Å². The Morgan fingerprint density at radius 1 is 0.735 bits per heavy atom. The van der Waals surface area contributed by atoms with Gasteiger partial charge in [-0.25, -0.2) is 0 Å². The summed E-state index contributed by atoms with van der Waals surface area (Å²) >= 11 is 0. The van der Waals surface area contributed by atoms with Crippen LogP contribution in [0.2, 0.25) is 0 Å². The quantitative estimate of drug-likeness (QED) is 0.324. The summed E-state index contributed by atoms with van der Waals surface area (Å²) < 4.78 is 8.53. The van der Waals surface area contributed by atoms with E-state index in [0.717, 1.165) is 16.7 Å². The van der Waals surface area contributed by atoms with E-state index in [2.05, 4.69) is 102 Å². The number of hydrogen-bond donors (Lipinski definition) is 1. The van der Waals surface area contributed by atoms with Crippen LogP contribution in [0.4, 0.5) is 0 Å². The molecule has 0 atom stereocenters. The molecule has 4 heteroatoms. The van der Waals surface area contributed by atoms with Crippen molar-refractivity contribution in [3.05, 3.63) is 97.1 Å². The van der Waals surface area contributed by atoms with Crippen molar-refractivity contribution < 1.29 is 9.76 Å². The van der Waals surface area contributed by atoms with Gasteiger partial charge in [0.25, 0.3) is 0 Å². The van der Waals surface area contributed by atoms with Crippen LogP contribution < -0.4 is 5.46 Å². The minimum atomic E-state index is -0.939. The third-order valence-electron chi connectivity index (χ3n) is 7.02. The van der Waals surface area contributed by atoms with Gasteiger partial charge in [0.15, 0.2) is 0 Å². The largest absolute Gasteiger partial charge is 0.427 e. The molecule has 0 unspecified atom stereocenters. The maximum atomic E-state index is 10.5. The van der Waals surface area contributed by atoms with Crippen molar-refractivity contribution in [1.82, 2.24) is 4.57 Å². The number of benzene rings is 4. The predicted octanol–water partition coefficient (Wildman–Crippen LogP) is 5.99. The van der Waals surface area contributed by atoms with E-state index < -0.39 is 11.2 Å². The molecule has 0 spiro atoms. The van der Waals surface area contributed by atoms with Gasteiger partial charge in [0.1, 0.15) is 0 Å². The summed E-state index contributed by atoms with van der Waals surface area (Å²) in [6, 6.07) is 34.2. The third kappa shape index (κ3) is 3.94. The summed E-state index contributed by atoms with van der Waals surface area (Å²) in [7, 11) is 0.434. The van der Waals surface area contributed by atoms with Crippen LogP contribution in [0, 0.1) is 0 Å². The standard InChI is InChI=1S/C30H30BNO2/c1-29(2,33)30(3,4)34-31-22-18-19-27-26(20-22)25-17-11-16-24(21-12-7-5-8-13-21)28(25)32(27)23-14-9-6-10-15-23/h5-20,31,33H,1-4H3. The molecule has 4 aromatic carbocycles. The van der Waals surface area contributed by atoms with E-state index in [-0.39, 0.29) is 0 Å². The number of rotatable bonds is 6. The number of fused-ring (bicyclic) bond motifs is 3. The van der Waals surface area contributed by atoms with Crippen molar-refractivity contribution in [1.29, 1.82) is 0 Å². The number of aliphatic hydroxyl groups is 1. The van der Waals surface area contributed by atoms with Crippen molar-refractivity contribution in [3.8, 4) is 16.8 Å². The predicted molar refractivity (Wildman–Crippen MR) is 144 cm³/mol. The fraction of sp³-hybridized carbons (Fsp3) is 0.200. The number of aromatic nitrogens is 1. The molecule has 0 aliphatic heterocycles. The summed E-state index contributed by atoms with van der Waals surface area (Å²) in [5.74, 6) is 0. The van der Waals surface area contributed by atoms with Gasteiger partial charge in [-0.3, -0.25) is 0 Å². The van der Waals surface area contributed by atoms with E-state index in [1.807, 2.05) is 13.8 Å². The van der Waals surface area contributed by atoms with Gasteiger partial charge < -0.3 is 14.3 Å². The Hall–Kier alpha value is -3.34. The first-order valence-electron chi connectivity index (χ1n) is 11.8. The molecular formula is C30H30BNO2. The van der Waals surface area contributed by atoms with Crippen molar-refractivity contribution in [3.63, 3.8) is 0 Å². The van der Waals surface area contributed by atoms with Crippen molar-refractivity contribution in [2.45, 2.75) is 38.9 Å². The number of para-hydroxylation sites is 2. The second-order valence-electron chi connectivity index (χ2n) is 9.95. The molecule has 5 rings (SSSR count). The Bertz CT molecular complexity index is 1450. The zero-order valence-electron chi connectivity index (χ0n) is 20.2. The highest BCUT2D eigenvalue weighted by atomic mass is 16.5. The topological polar surface area (TPSA) is 34.4 Å². The minimum Gasteiger partial charge on any atom is -0.427 e. The molecule has 0 amide bonds. The average Bonchev–Trinajstić information content (AvgIpc) is 3.17. The highest BCUT2D eigenvalue weighted by molar-refractivity contribution is 6.47. The fourth-order valence-corrected chi connectivity index (χ4v) is 4.34. The van der Waals surface area contributed by atoms with E-state index in [9.17, 15) is 5.11 Å². The maximum Gasteiger partial charge on any atom is 0.309 e. The number of hydrogen-bond acceptors (Lipinski definition) is 2. The minimum absolute atomic E-state index is 0.434. The van der Waals surface area contributed by atoms with Crippen LogP contribution in [0.5, 0.6) is 0 Å². The molecule has 3 nitrogen and oxygen atoms in total. The van der Waals surface area contributed by atoms with E-state index >= 15 is 0 Å². The van der Waals surface area contributed by atoms with Gasteiger partial charge in [0.2, 0.25) is 0 Å². The normalized spacial score (nSPS) is 12.4. The van der Waals surface area contributed by atoms with Gasteiger partial charge in [-0.05, 0) is 51.5 Å². The molecule has 0 aliphatic rings. The van der Waals surface area contributed by atoms with Gasteiger partial charge in [-0.15, -0.1) is 0 Å². The van der Waals surface area contributed by atoms with E-state index in [0.29, 0.717) is 7.48 Å². The second kappa shape index (κ2) is 8.46. The highest BCUT2D eigenvalue weighted by Crippen LogP contribution is 2.37. The lowest BCUT2D eigenvalue weighted by molar-refractivity contribution is -0.0893. The van der Waals surface area contributed by atoms with Gasteiger partial charge in [-0.1, -0.05) is 84.3 Å². The number of nitrogens with zero attached hydrogens (tertiary/aromatic N) is 1. The fourth-order valence-electron chi connectivity index (χ4n) is 4.34. The zero-order chi connectivity index (χ0) is 23.9. The molecular weight excluding hydrogens is 417 g/mol. The maximum absolute atomic E-state index is 10.5. The first kappa shape index (κ1) is 22.5. The van der Waals surface area contributed by atoms with Gasteiger partial charge in [0, 0.05) is 22.0 Å². The third-order valence-corrected chi connectivity index (χ3v) is 7.02. The lowest BCUT2D eigenvalue weighted by Gasteiger charge is -2.37. The van der Waals surface area contributed by atoms with Crippen LogP contribution in [0.3, 0.4) is 0 Å². The lowest BCUT2D eigenvalue weighted by Crippen LogP contribution is -2.49. The molecule has 0 bridgehead atoms. The average molecular weight is 447 g/mol. The molecule has 0 aliphatic carbocycles. The molecule has 0 radical (unpaired) electrons. The molecule has 1 N–H and O–H groups in total. The molecule has 0 saturated heterocycles. The first-order chi connectivity index (χ1) is 16.3. The van der Waals surface area contributed by atoms with Crippen LogP contribution >= 0.6 is 0 Å². The van der Waals surface area contributed by atoms with Gasteiger partial charge in [0.05, 0.1) is 22.2 Å². The first-order valence-corrected chi connectivity index (χ1v) is 11.8. The molecule has 5 aromatic rings. The zero-order valence-corrected chi connectivity index (χ0v) is 20.2. The molecule has 0 fully saturated rings. The van der Waals surface area contributed by atoms with Crippen molar-refractivity contribution >= 4 is 34.8 Å². The molecule has 34 heavy (non-hydrogen) atoms. The Morgan fingerprint density at radius 2 is 1.41 bits per heavy atom. The van der Waals surface area contributed by atoms with Crippen LogP contribution in [0.1, 0.15) is 27.7 Å². The Kier molecular flexibility index (Phi) is 5.59. The van der Waals surface area contributed by atoms with E-state index in [1.54, 1.807) is 13.8 Å². The SMILES string of the molecule is CC(C)(O)C(C)(C)OBc1ccc2c(c1)c1cccc(-c3ccccc3)c1n2-c1ccccc1. The van der Waals surface area contributed by atoms with Crippen molar-refractivity contribution in [2.24, 2.45) is 0 Å². The lowest BCUT2D eigenvalue weighted by atomic mass is 9.82.